The lowest BCUT2D eigenvalue weighted by Crippen LogP contribution is -2.08. The smallest absolute Gasteiger partial charge is 0.343 e. The molecule has 0 amide bonds. The maximum Gasteiger partial charge on any atom is 0.343 e. The number of aryl methyl sites for hydroxylation is 1. The maximum absolute atomic E-state index is 12.6. The summed E-state index contributed by atoms with van der Waals surface area (Å²) in [5.74, 6) is 0.251. The molecule has 1 heterocycles. The standard InChI is InChI=1S/C23H15BrO4/c1-14-5-4-7-16(11-14)23(26)27-17-9-10-18-20(13-17)28-21(22(18)25)12-15-6-2-3-8-19(15)24/h2-13H,1H3/b21-12-. The summed E-state index contributed by atoms with van der Waals surface area (Å²) in [5.41, 5.74) is 2.71. The summed E-state index contributed by atoms with van der Waals surface area (Å²) in [6, 6.07) is 19.5. The molecule has 0 saturated heterocycles. The first-order valence-electron chi connectivity index (χ1n) is 8.63. The molecule has 4 rings (SSSR count). The molecule has 0 aliphatic carbocycles. The molecule has 0 bridgehead atoms. The molecule has 0 spiro atoms. The number of rotatable bonds is 3. The summed E-state index contributed by atoms with van der Waals surface area (Å²) in [6.07, 6.45) is 1.69. The van der Waals surface area contributed by atoms with Gasteiger partial charge in [0.1, 0.15) is 11.5 Å². The van der Waals surface area contributed by atoms with Crippen molar-refractivity contribution in [3.63, 3.8) is 0 Å². The Kier molecular flexibility index (Phi) is 4.84. The van der Waals surface area contributed by atoms with Crippen molar-refractivity contribution >= 4 is 33.8 Å². The molecule has 0 N–H and O–H groups in total. The SMILES string of the molecule is Cc1cccc(C(=O)Oc2ccc3c(c2)O/C(=C\c2ccccc2Br)C3=O)c1. The average molecular weight is 435 g/mol. The molecule has 0 aromatic heterocycles. The summed E-state index contributed by atoms with van der Waals surface area (Å²) < 4.78 is 12.0. The first-order valence-corrected chi connectivity index (χ1v) is 9.42. The van der Waals surface area contributed by atoms with E-state index < -0.39 is 5.97 Å². The van der Waals surface area contributed by atoms with Crippen LogP contribution in [0.4, 0.5) is 0 Å². The van der Waals surface area contributed by atoms with E-state index in [4.69, 9.17) is 9.47 Å². The van der Waals surface area contributed by atoms with Crippen molar-refractivity contribution in [2.45, 2.75) is 6.92 Å². The fourth-order valence-electron chi connectivity index (χ4n) is 2.90. The van der Waals surface area contributed by atoms with E-state index in [-0.39, 0.29) is 11.5 Å². The largest absolute Gasteiger partial charge is 0.452 e. The zero-order valence-electron chi connectivity index (χ0n) is 14.9. The number of ether oxygens (including phenoxy) is 2. The van der Waals surface area contributed by atoms with Crippen molar-refractivity contribution < 1.29 is 19.1 Å². The molecule has 5 heteroatoms. The minimum absolute atomic E-state index is 0.206. The lowest BCUT2D eigenvalue weighted by molar-refractivity contribution is 0.0734. The molecule has 3 aromatic rings. The molecule has 0 atom stereocenters. The van der Waals surface area contributed by atoms with Crippen LogP contribution in [0, 0.1) is 6.92 Å². The Morgan fingerprint density at radius 1 is 1.04 bits per heavy atom. The van der Waals surface area contributed by atoms with Crippen LogP contribution in [0.3, 0.4) is 0 Å². The van der Waals surface area contributed by atoms with Gasteiger partial charge in [0.05, 0.1) is 11.1 Å². The summed E-state index contributed by atoms with van der Waals surface area (Å²) in [5, 5.41) is 0. The monoisotopic (exact) mass is 434 g/mol. The molecule has 0 unspecified atom stereocenters. The molecule has 4 nitrogen and oxygen atoms in total. The second-order valence-electron chi connectivity index (χ2n) is 6.38. The van der Waals surface area contributed by atoms with E-state index in [0.29, 0.717) is 22.6 Å². The Labute approximate surface area is 170 Å². The second kappa shape index (κ2) is 7.44. The van der Waals surface area contributed by atoms with E-state index in [0.717, 1.165) is 15.6 Å². The second-order valence-corrected chi connectivity index (χ2v) is 7.23. The number of fused-ring (bicyclic) bond motifs is 1. The molecule has 28 heavy (non-hydrogen) atoms. The van der Waals surface area contributed by atoms with Crippen molar-refractivity contribution in [3.8, 4) is 11.5 Å². The Morgan fingerprint density at radius 3 is 2.64 bits per heavy atom. The van der Waals surface area contributed by atoms with E-state index in [1.807, 2.05) is 37.3 Å². The van der Waals surface area contributed by atoms with Gasteiger partial charge in [0, 0.05) is 10.5 Å². The lowest BCUT2D eigenvalue weighted by Gasteiger charge is -2.06. The van der Waals surface area contributed by atoms with Crippen LogP contribution < -0.4 is 9.47 Å². The lowest BCUT2D eigenvalue weighted by atomic mass is 10.1. The number of esters is 1. The zero-order valence-corrected chi connectivity index (χ0v) is 16.5. The number of ketones is 1. The Bertz CT molecular complexity index is 1130. The van der Waals surface area contributed by atoms with Gasteiger partial charge in [-0.1, -0.05) is 51.8 Å². The summed E-state index contributed by atoms with van der Waals surface area (Å²) in [7, 11) is 0. The Morgan fingerprint density at radius 2 is 1.86 bits per heavy atom. The van der Waals surface area contributed by atoms with E-state index in [1.54, 1.807) is 42.5 Å². The number of allylic oxidation sites excluding steroid dienone is 1. The van der Waals surface area contributed by atoms with Crippen molar-refractivity contribution in [3.05, 3.63) is 99.2 Å². The third-order valence-electron chi connectivity index (χ3n) is 4.30. The fourth-order valence-corrected chi connectivity index (χ4v) is 3.30. The van der Waals surface area contributed by atoms with Crippen molar-refractivity contribution in [2.75, 3.05) is 0 Å². The summed E-state index contributed by atoms with van der Waals surface area (Å²) in [4.78, 5) is 24.9. The Hall–Kier alpha value is -3.18. The number of carbonyl (C=O) groups excluding carboxylic acids is 2. The van der Waals surface area contributed by atoms with Gasteiger partial charge in [0.25, 0.3) is 0 Å². The third-order valence-corrected chi connectivity index (χ3v) is 5.02. The van der Waals surface area contributed by atoms with Crippen LogP contribution in [-0.2, 0) is 0 Å². The predicted octanol–water partition coefficient (Wildman–Crippen LogP) is 5.59. The number of halogens is 1. The molecule has 3 aromatic carbocycles. The first-order chi connectivity index (χ1) is 13.5. The quantitative estimate of drug-likeness (QED) is 0.306. The molecule has 1 aliphatic rings. The number of hydrogen-bond acceptors (Lipinski definition) is 4. The van der Waals surface area contributed by atoms with Crippen LogP contribution >= 0.6 is 15.9 Å². The Balaban J connectivity index is 1.57. The molecule has 0 saturated carbocycles. The minimum atomic E-state index is -0.461. The zero-order chi connectivity index (χ0) is 19.7. The van der Waals surface area contributed by atoms with Gasteiger partial charge < -0.3 is 9.47 Å². The molecular weight excluding hydrogens is 420 g/mol. The van der Waals surface area contributed by atoms with E-state index >= 15 is 0 Å². The van der Waals surface area contributed by atoms with Crippen LogP contribution in [0.2, 0.25) is 0 Å². The molecule has 138 valence electrons. The van der Waals surface area contributed by atoms with Crippen LogP contribution in [-0.4, -0.2) is 11.8 Å². The predicted molar refractivity (Wildman–Crippen MR) is 110 cm³/mol. The molecule has 1 aliphatic heterocycles. The minimum Gasteiger partial charge on any atom is -0.452 e. The number of Topliss-reactive ketones (excluding diaryl/α,β-unsaturated/α-hetero) is 1. The van der Waals surface area contributed by atoms with Crippen LogP contribution in [0.15, 0.2) is 77.0 Å². The van der Waals surface area contributed by atoms with Gasteiger partial charge in [-0.2, -0.15) is 0 Å². The van der Waals surface area contributed by atoms with E-state index in [2.05, 4.69) is 15.9 Å². The topological polar surface area (TPSA) is 52.6 Å². The number of hydrogen-bond donors (Lipinski definition) is 0. The van der Waals surface area contributed by atoms with Gasteiger partial charge in [0.15, 0.2) is 5.76 Å². The normalized spacial score (nSPS) is 13.9. The van der Waals surface area contributed by atoms with Crippen molar-refractivity contribution in [1.29, 1.82) is 0 Å². The highest BCUT2D eigenvalue weighted by atomic mass is 79.9. The van der Waals surface area contributed by atoms with Crippen LogP contribution in [0.25, 0.3) is 6.08 Å². The van der Waals surface area contributed by atoms with Gasteiger partial charge >= 0.3 is 5.97 Å². The highest BCUT2D eigenvalue weighted by Crippen LogP contribution is 2.35. The van der Waals surface area contributed by atoms with Gasteiger partial charge in [-0.05, 0) is 48.9 Å². The summed E-state index contributed by atoms with van der Waals surface area (Å²) in [6.45, 7) is 1.91. The highest BCUT2D eigenvalue weighted by Gasteiger charge is 2.28. The van der Waals surface area contributed by atoms with Gasteiger partial charge in [-0.3, -0.25) is 4.79 Å². The van der Waals surface area contributed by atoms with Crippen molar-refractivity contribution in [2.24, 2.45) is 0 Å². The van der Waals surface area contributed by atoms with Crippen LogP contribution in [0.1, 0.15) is 31.8 Å². The van der Waals surface area contributed by atoms with Crippen molar-refractivity contribution in [1.82, 2.24) is 0 Å². The van der Waals surface area contributed by atoms with Gasteiger partial charge in [0.2, 0.25) is 5.78 Å². The van der Waals surface area contributed by atoms with Crippen LogP contribution in [0.5, 0.6) is 11.5 Å². The average Bonchev–Trinajstić information content (AvgIpc) is 2.98. The number of carbonyl (C=O) groups is 2. The molecule has 0 radical (unpaired) electrons. The fraction of sp³-hybridized carbons (Fsp3) is 0.0435. The van der Waals surface area contributed by atoms with Gasteiger partial charge in [-0.15, -0.1) is 0 Å². The summed E-state index contributed by atoms with van der Waals surface area (Å²) >= 11 is 3.46. The number of benzene rings is 3. The molecule has 0 fully saturated rings. The highest BCUT2D eigenvalue weighted by molar-refractivity contribution is 9.10. The maximum atomic E-state index is 12.6. The van der Waals surface area contributed by atoms with E-state index in [9.17, 15) is 9.59 Å². The van der Waals surface area contributed by atoms with Gasteiger partial charge in [-0.25, -0.2) is 4.79 Å². The first kappa shape index (κ1) is 18.2. The third kappa shape index (κ3) is 3.62. The molecular formula is C23H15BrO4. The van der Waals surface area contributed by atoms with E-state index in [1.165, 1.54) is 0 Å².